The predicted molar refractivity (Wildman–Crippen MR) is 159 cm³/mol. The number of thiazole rings is 1. The van der Waals surface area contributed by atoms with Crippen molar-refractivity contribution in [3.05, 3.63) is 120 Å². The second-order valence-corrected chi connectivity index (χ2v) is 11.9. The van der Waals surface area contributed by atoms with Crippen molar-refractivity contribution in [2.75, 3.05) is 11.1 Å². The minimum Gasteiger partial charge on any atom is -0.325 e. The van der Waals surface area contributed by atoms with E-state index in [-0.39, 0.29) is 16.9 Å². The van der Waals surface area contributed by atoms with E-state index in [2.05, 4.69) is 69.4 Å². The molecule has 0 aliphatic rings. The number of amides is 1. The molecule has 1 amide bonds. The Morgan fingerprint density at radius 3 is 2.23 bits per heavy atom. The van der Waals surface area contributed by atoms with Gasteiger partial charge in [-0.3, -0.25) is 4.79 Å². The van der Waals surface area contributed by atoms with Crippen molar-refractivity contribution < 1.29 is 4.79 Å². The molecule has 0 fully saturated rings. The van der Waals surface area contributed by atoms with E-state index in [0.717, 1.165) is 25.9 Å². The van der Waals surface area contributed by atoms with E-state index in [1.54, 1.807) is 27.8 Å². The molecule has 6 aromatic rings. The van der Waals surface area contributed by atoms with E-state index in [4.69, 9.17) is 4.98 Å². The number of tetrazole rings is 1. The largest absolute Gasteiger partial charge is 0.325 e. The van der Waals surface area contributed by atoms with Gasteiger partial charge in [-0.2, -0.15) is 4.68 Å². The van der Waals surface area contributed by atoms with E-state index in [9.17, 15) is 4.79 Å². The van der Waals surface area contributed by atoms with Gasteiger partial charge >= 0.3 is 0 Å². The average molecular weight is 567 g/mol. The summed E-state index contributed by atoms with van der Waals surface area (Å²) in [5.74, 6) is 0.0551. The molecule has 0 atom stereocenters. The van der Waals surface area contributed by atoms with Crippen LogP contribution in [-0.2, 0) is 4.79 Å². The van der Waals surface area contributed by atoms with Gasteiger partial charge in [-0.15, -0.1) is 16.4 Å². The van der Waals surface area contributed by atoms with Gasteiger partial charge in [0, 0.05) is 5.69 Å². The van der Waals surface area contributed by atoms with Gasteiger partial charge in [0.15, 0.2) is 4.34 Å². The molecular formula is C29H22N6OS3. The smallest absolute Gasteiger partial charge is 0.234 e. The molecule has 1 N–H and O–H groups in total. The molecule has 7 nitrogen and oxygen atoms in total. The van der Waals surface area contributed by atoms with Gasteiger partial charge in [-0.25, -0.2) is 4.98 Å². The standard InChI is InChI=1S/C29H22N6OS3/c36-26(19-37-28-32-33-34-35(28)23-14-8-3-9-15-23)30-22-16-17-24-25(18-22)38-29(31-24)39-27(20-10-4-1-5-11-20)21-12-6-2-7-13-21/h1-18,27H,19H2,(H,30,36). The topological polar surface area (TPSA) is 85.6 Å². The lowest BCUT2D eigenvalue weighted by atomic mass is 10.0. The third kappa shape index (κ3) is 6.03. The molecular weight excluding hydrogens is 545 g/mol. The molecule has 39 heavy (non-hydrogen) atoms. The molecule has 4 aromatic carbocycles. The molecule has 0 radical (unpaired) electrons. The number of para-hydroxylation sites is 1. The van der Waals surface area contributed by atoms with Crippen LogP contribution in [0, 0.1) is 0 Å². The summed E-state index contributed by atoms with van der Waals surface area (Å²) in [6.45, 7) is 0. The molecule has 0 bridgehead atoms. The van der Waals surface area contributed by atoms with Crippen LogP contribution in [0.15, 0.2) is 119 Å². The Balaban J connectivity index is 1.14. The molecule has 2 aromatic heterocycles. The van der Waals surface area contributed by atoms with Crippen molar-refractivity contribution in [1.29, 1.82) is 0 Å². The van der Waals surface area contributed by atoms with Crippen molar-refractivity contribution >= 4 is 56.7 Å². The molecule has 0 aliphatic heterocycles. The van der Waals surface area contributed by atoms with Gasteiger partial charge < -0.3 is 5.32 Å². The van der Waals surface area contributed by atoms with E-state index < -0.39 is 0 Å². The van der Waals surface area contributed by atoms with E-state index in [1.807, 2.05) is 60.7 Å². The number of nitrogens with one attached hydrogen (secondary N) is 1. The third-order valence-corrected chi connectivity index (χ3v) is 9.19. The van der Waals surface area contributed by atoms with Gasteiger partial charge in [-0.1, -0.05) is 102 Å². The second-order valence-electron chi connectivity index (χ2n) is 8.53. The SMILES string of the molecule is O=C(CSc1nnnn1-c1ccccc1)Nc1ccc2nc(SC(c3ccccc3)c3ccccc3)sc2c1. The summed E-state index contributed by atoms with van der Waals surface area (Å²) in [5.41, 5.74) is 4.96. The fourth-order valence-corrected chi connectivity index (χ4v) is 7.16. The molecule has 0 saturated carbocycles. The number of carbonyl (C=O) groups excluding carboxylic acids is 1. The molecule has 6 rings (SSSR count). The molecule has 0 aliphatic carbocycles. The Morgan fingerprint density at radius 2 is 1.54 bits per heavy atom. The summed E-state index contributed by atoms with van der Waals surface area (Å²) in [6, 6.07) is 36.4. The van der Waals surface area contributed by atoms with Crippen molar-refractivity contribution in [1.82, 2.24) is 25.2 Å². The zero-order chi connectivity index (χ0) is 26.4. The Labute approximate surface area is 237 Å². The number of aromatic nitrogens is 5. The number of carbonyl (C=O) groups is 1. The summed E-state index contributed by atoms with van der Waals surface area (Å²) in [4.78, 5) is 17.6. The Kier molecular flexibility index (Phi) is 7.66. The number of anilines is 1. The van der Waals surface area contributed by atoms with Crippen LogP contribution in [0.5, 0.6) is 0 Å². The fourth-order valence-electron chi connectivity index (χ4n) is 4.04. The maximum absolute atomic E-state index is 12.7. The van der Waals surface area contributed by atoms with Crippen LogP contribution in [0.3, 0.4) is 0 Å². The first-order valence-corrected chi connectivity index (χ1v) is 14.8. The number of hydrogen-bond donors (Lipinski definition) is 1. The quantitative estimate of drug-likeness (QED) is 0.191. The highest BCUT2D eigenvalue weighted by atomic mass is 32.2. The zero-order valence-corrected chi connectivity index (χ0v) is 23.0. The Bertz CT molecular complexity index is 1650. The van der Waals surface area contributed by atoms with Crippen LogP contribution in [0.25, 0.3) is 15.9 Å². The summed E-state index contributed by atoms with van der Waals surface area (Å²) < 4.78 is 3.63. The molecule has 0 unspecified atom stereocenters. The lowest BCUT2D eigenvalue weighted by molar-refractivity contribution is -0.113. The van der Waals surface area contributed by atoms with Gasteiger partial charge in [0.2, 0.25) is 11.1 Å². The molecule has 0 spiro atoms. The fraction of sp³-hybridized carbons (Fsp3) is 0.0690. The maximum atomic E-state index is 12.7. The van der Waals surface area contributed by atoms with Gasteiger partial charge in [0.25, 0.3) is 0 Å². The monoisotopic (exact) mass is 566 g/mol. The van der Waals surface area contributed by atoms with Crippen molar-refractivity contribution in [2.24, 2.45) is 0 Å². The zero-order valence-electron chi connectivity index (χ0n) is 20.5. The molecule has 2 heterocycles. The third-order valence-electron chi connectivity index (χ3n) is 5.85. The van der Waals surface area contributed by atoms with Crippen LogP contribution in [0.2, 0.25) is 0 Å². The van der Waals surface area contributed by atoms with Crippen molar-refractivity contribution in [2.45, 2.75) is 14.7 Å². The van der Waals surface area contributed by atoms with Crippen LogP contribution >= 0.6 is 34.9 Å². The van der Waals surface area contributed by atoms with E-state index in [0.29, 0.717) is 5.16 Å². The Morgan fingerprint density at radius 1 is 0.872 bits per heavy atom. The lowest BCUT2D eigenvalue weighted by Crippen LogP contribution is -2.14. The Hall–Kier alpha value is -3.99. The lowest BCUT2D eigenvalue weighted by Gasteiger charge is -2.16. The number of thioether (sulfide) groups is 2. The minimum atomic E-state index is -0.130. The molecule has 0 saturated heterocycles. The summed E-state index contributed by atoms with van der Waals surface area (Å²) in [5, 5.41) is 15.5. The first-order chi connectivity index (χ1) is 19.2. The van der Waals surface area contributed by atoms with Crippen molar-refractivity contribution in [3.8, 4) is 5.69 Å². The van der Waals surface area contributed by atoms with Crippen LogP contribution in [0.4, 0.5) is 5.69 Å². The summed E-state index contributed by atoms with van der Waals surface area (Å²) in [7, 11) is 0. The first-order valence-electron chi connectivity index (χ1n) is 12.2. The van der Waals surface area contributed by atoms with Gasteiger partial charge in [-0.05, 0) is 51.9 Å². The van der Waals surface area contributed by atoms with Crippen LogP contribution in [-0.4, -0.2) is 36.9 Å². The predicted octanol–water partition coefficient (Wildman–Crippen LogP) is 6.88. The van der Waals surface area contributed by atoms with E-state index >= 15 is 0 Å². The first kappa shape index (κ1) is 25.3. The highest BCUT2D eigenvalue weighted by Crippen LogP contribution is 2.43. The minimum absolute atomic E-state index is 0.130. The highest BCUT2D eigenvalue weighted by Gasteiger charge is 2.18. The average Bonchev–Trinajstić information content (AvgIpc) is 3.63. The molecule has 192 valence electrons. The summed E-state index contributed by atoms with van der Waals surface area (Å²) in [6.07, 6.45) is 0. The second kappa shape index (κ2) is 11.8. The number of nitrogens with zero attached hydrogens (tertiary/aromatic N) is 5. The summed E-state index contributed by atoms with van der Waals surface area (Å²) >= 11 is 4.66. The van der Waals surface area contributed by atoms with Crippen molar-refractivity contribution in [3.63, 3.8) is 0 Å². The van der Waals surface area contributed by atoms with Crippen LogP contribution in [0.1, 0.15) is 16.4 Å². The normalized spacial score (nSPS) is 11.2. The van der Waals surface area contributed by atoms with Gasteiger partial charge in [0.1, 0.15) is 0 Å². The number of benzene rings is 4. The van der Waals surface area contributed by atoms with E-state index in [1.165, 1.54) is 22.9 Å². The number of hydrogen-bond acceptors (Lipinski definition) is 8. The maximum Gasteiger partial charge on any atom is 0.234 e. The number of fused-ring (bicyclic) bond motifs is 1. The molecule has 10 heteroatoms. The van der Waals surface area contributed by atoms with Gasteiger partial charge in [0.05, 0.1) is 26.9 Å². The highest BCUT2D eigenvalue weighted by molar-refractivity contribution is 8.01. The number of rotatable bonds is 9. The van der Waals surface area contributed by atoms with Crippen LogP contribution < -0.4 is 5.32 Å².